The van der Waals surface area contributed by atoms with Crippen molar-refractivity contribution < 1.29 is 9.53 Å². The fourth-order valence-electron chi connectivity index (χ4n) is 2.25. The van der Waals surface area contributed by atoms with Crippen molar-refractivity contribution >= 4 is 23.5 Å². The third-order valence-electron chi connectivity index (χ3n) is 3.03. The van der Waals surface area contributed by atoms with Gasteiger partial charge in [-0.3, -0.25) is 0 Å². The summed E-state index contributed by atoms with van der Waals surface area (Å²) in [4.78, 5) is 15.2. The van der Waals surface area contributed by atoms with Crippen LogP contribution in [0.1, 0.15) is 13.8 Å². The Hall–Kier alpha value is -1.20. The number of nitrogens with zero attached hydrogens (tertiary/aromatic N) is 1. The van der Waals surface area contributed by atoms with Crippen molar-refractivity contribution in [3.05, 3.63) is 24.3 Å². The molecule has 1 aromatic carbocycles. The highest BCUT2D eigenvalue weighted by atomic mass is 32.2. The molecule has 1 fully saturated rings. The largest absolute Gasteiger partial charge is 0.372 e. The highest BCUT2D eigenvalue weighted by Gasteiger charge is 2.25. The smallest absolute Gasteiger partial charge is 0.322 e. The van der Waals surface area contributed by atoms with Crippen molar-refractivity contribution in [3.63, 3.8) is 0 Å². The summed E-state index contributed by atoms with van der Waals surface area (Å²) < 4.78 is 5.63. The first-order valence-corrected chi connectivity index (χ1v) is 7.66. The van der Waals surface area contributed by atoms with E-state index in [4.69, 9.17) is 4.74 Å². The van der Waals surface area contributed by atoms with Crippen LogP contribution in [0.5, 0.6) is 0 Å². The van der Waals surface area contributed by atoms with Gasteiger partial charge in [-0.15, -0.1) is 11.8 Å². The lowest BCUT2D eigenvalue weighted by molar-refractivity contribution is -0.0530. The predicted molar refractivity (Wildman–Crippen MR) is 78.8 cm³/mol. The quantitative estimate of drug-likeness (QED) is 0.847. The molecule has 1 N–H and O–H groups in total. The number of hydrogen-bond acceptors (Lipinski definition) is 3. The topological polar surface area (TPSA) is 41.6 Å². The van der Waals surface area contributed by atoms with E-state index in [1.54, 1.807) is 11.8 Å². The molecule has 0 radical (unpaired) electrons. The molecule has 2 amide bonds. The number of amides is 2. The molecule has 2 unspecified atom stereocenters. The van der Waals surface area contributed by atoms with Crippen LogP contribution in [0.25, 0.3) is 0 Å². The van der Waals surface area contributed by atoms with Crippen LogP contribution >= 0.6 is 11.8 Å². The van der Waals surface area contributed by atoms with E-state index in [9.17, 15) is 4.79 Å². The first-order valence-electron chi connectivity index (χ1n) is 6.44. The first-order chi connectivity index (χ1) is 9.08. The molecule has 0 spiro atoms. The van der Waals surface area contributed by atoms with Gasteiger partial charge in [-0.1, -0.05) is 6.07 Å². The van der Waals surface area contributed by atoms with Gasteiger partial charge in [0.05, 0.1) is 12.2 Å². The Bertz CT molecular complexity index is 443. The van der Waals surface area contributed by atoms with Gasteiger partial charge in [0.15, 0.2) is 0 Å². The summed E-state index contributed by atoms with van der Waals surface area (Å²) in [7, 11) is 0. The summed E-state index contributed by atoms with van der Waals surface area (Å²) in [5.41, 5.74) is 0.837. The van der Waals surface area contributed by atoms with E-state index in [0.717, 1.165) is 10.6 Å². The Kier molecular flexibility index (Phi) is 4.71. The van der Waals surface area contributed by atoms with Crippen molar-refractivity contribution in [1.29, 1.82) is 0 Å². The number of ether oxygens (including phenoxy) is 1. The van der Waals surface area contributed by atoms with Gasteiger partial charge in [0, 0.05) is 23.7 Å². The fraction of sp³-hybridized carbons (Fsp3) is 0.500. The normalized spacial score (nSPS) is 23.2. The summed E-state index contributed by atoms with van der Waals surface area (Å²) in [6, 6.07) is 7.81. The van der Waals surface area contributed by atoms with Gasteiger partial charge < -0.3 is 15.0 Å². The molecule has 4 nitrogen and oxygen atoms in total. The van der Waals surface area contributed by atoms with Crippen LogP contribution in [0, 0.1) is 0 Å². The van der Waals surface area contributed by atoms with E-state index in [0.29, 0.717) is 13.1 Å². The molecular formula is C14H20N2O2S. The zero-order chi connectivity index (χ0) is 13.8. The van der Waals surface area contributed by atoms with E-state index >= 15 is 0 Å². The van der Waals surface area contributed by atoms with Crippen molar-refractivity contribution in [2.75, 3.05) is 24.7 Å². The average Bonchev–Trinajstić information content (AvgIpc) is 2.37. The van der Waals surface area contributed by atoms with E-state index in [1.807, 2.05) is 49.3 Å². The minimum atomic E-state index is -0.0553. The number of thioether (sulfide) groups is 1. The Morgan fingerprint density at radius 1 is 1.37 bits per heavy atom. The van der Waals surface area contributed by atoms with Gasteiger partial charge in [0.2, 0.25) is 0 Å². The van der Waals surface area contributed by atoms with Crippen LogP contribution in [-0.4, -0.2) is 42.5 Å². The summed E-state index contributed by atoms with van der Waals surface area (Å²) in [6.45, 7) is 5.26. The second-order valence-corrected chi connectivity index (χ2v) is 5.70. The molecule has 0 saturated carbocycles. The molecule has 0 aliphatic carbocycles. The van der Waals surface area contributed by atoms with E-state index in [1.165, 1.54) is 0 Å². The Morgan fingerprint density at radius 3 is 2.68 bits per heavy atom. The molecular weight excluding hydrogens is 260 g/mol. The lowest BCUT2D eigenvalue weighted by atomic mass is 10.2. The van der Waals surface area contributed by atoms with E-state index in [-0.39, 0.29) is 18.2 Å². The molecule has 0 bridgehead atoms. The minimum Gasteiger partial charge on any atom is -0.372 e. The van der Waals surface area contributed by atoms with Crippen LogP contribution in [0.3, 0.4) is 0 Å². The monoisotopic (exact) mass is 280 g/mol. The number of rotatable bonds is 2. The molecule has 1 aliphatic heterocycles. The lowest BCUT2D eigenvalue weighted by Crippen LogP contribution is -2.49. The number of benzene rings is 1. The Morgan fingerprint density at radius 2 is 2.05 bits per heavy atom. The van der Waals surface area contributed by atoms with Gasteiger partial charge in [0.25, 0.3) is 0 Å². The Balaban J connectivity index is 2.00. The summed E-state index contributed by atoms with van der Waals surface area (Å²) >= 11 is 1.66. The molecule has 1 saturated heterocycles. The van der Waals surface area contributed by atoms with Gasteiger partial charge >= 0.3 is 6.03 Å². The fourth-order valence-corrected chi connectivity index (χ4v) is 2.71. The number of morpholine rings is 1. The molecule has 104 valence electrons. The maximum Gasteiger partial charge on any atom is 0.322 e. The van der Waals surface area contributed by atoms with E-state index in [2.05, 4.69) is 5.32 Å². The highest BCUT2D eigenvalue weighted by Crippen LogP contribution is 2.20. The van der Waals surface area contributed by atoms with Crippen molar-refractivity contribution in [1.82, 2.24) is 4.90 Å². The summed E-state index contributed by atoms with van der Waals surface area (Å²) in [5, 5.41) is 2.95. The first kappa shape index (κ1) is 14.2. The minimum absolute atomic E-state index is 0.0553. The highest BCUT2D eigenvalue weighted by molar-refractivity contribution is 7.98. The maximum absolute atomic E-state index is 12.2. The van der Waals surface area contributed by atoms with Gasteiger partial charge in [-0.2, -0.15) is 0 Å². The lowest BCUT2D eigenvalue weighted by Gasteiger charge is -2.35. The molecule has 1 heterocycles. The van der Waals surface area contributed by atoms with Crippen molar-refractivity contribution in [2.45, 2.75) is 31.0 Å². The van der Waals surface area contributed by atoms with Crippen molar-refractivity contribution in [2.24, 2.45) is 0 Å². The van der Waals surface area contributed by atoms with Crippen LogP contribution < -0.4 is 5.32 Å². The van der Waals surface area contributed by atoms with Crippen molar-refractivity contribution in [3.8, 4) is 0 Å². The molecule has 1 aromatic rings. The standard InChI is InChI=1S/C14H20N2O2S/c1-10-8-16(9-11(2)18-10)14(17)15-12-5-4-6-13(7-12)19-3/h4-7,10-11H,8-9H2,1-3H3,(H,15,17). The van der Waals surface area contributed by atoms with E-state index < -0.39 is 0 Å². The third-order valence-corrected chi connectivity index (χ3v) is 3.75. The second-order valence-electron chi connectivity index (χ2n) is 4.82. The second kappa shape index (κ2) is 6.30. The number of urea groups is 1. The van der Waals surface area contributed by atoms with Gasteiger partial charge in [-0.05, 0) is 38.3 Å². The number of anilines is 1. The van der Waals surface area contributed by atoms with Crippen LogP contribution in [-0.2, 0) is 4.74 Å². The number of carbonyl (C=O) groups is 1. The zero-order valence-electron chi connectivity index (χ0n) is 11.6. The Labute approximate surface area is 118 Å². The third kappa shape index (κ3) is 3.88. The number of nitrogens with one attached hydrogen (secondary N) is 1. The van der Waals surface area contributed by atoms with Crippen LogP contribution in [0.2, 0.25) is 0 Å². The number of hydrogen-bond donors (Lipinski definition) is 1. The summed E-state index contributed by atoms with van der Waals surface area (Å²) in [5.74, 6) is 0. The molecule has 2 rings (SSSR count). The SMILES string of the molecule is CSc1cccc(NC(=O)N2CC(C)OC(C)C2)c1. The van der Waals surface area contributed by atoms with Crippen LogP contribution in [0.15, 0.2) is 29.2 Å². The maximum atomic E-state index is 12.2. The predicted octanol–water partition coefficient (Wildman–Crippen LogP) is 3.05. The molecule has 19 heavy (non-hydrogen) atoms. The van der Waals surface area contributed by atoms with Crippen LogP contribution in [0.4, 0.5) is 10.5 Å². The molecule has 0 aromatic heterocycles. The zero-order valence-corrected chi connectivity index (χ0v) is 12.4. The average molecular weight is 280 g/mol. The molecule has 5 heteroatoms. The summed E-state index contributed by atoms with van der Waals surface area (Å²) in [6.07, 6.45) is 2.20. The van der Waals surface area contributed by atoms with Gasteiger partial charge in [-0.25, -0.2) is 4.79 Å². The van der Waals surface area contributed by atoms with Gasteiger partial charge in [0.1, 0.15) is 0 Å². The molecule has 2 atom stereocenters. The number of carbonyl (C=O) groups excluding carboxylic acids is 1. The molecule has 1 aliphatic rings.